The van der Waals surface area contributed by atoms with Gasteiger partial charge in [-0.05, 0) is 6.42 Å². The fourth-order valence-electron chi connectivity index (χ4n) is 0.846. The van der Waals surface area contributed by atoms with Gasteiger partial charge in [-0.15, -0.1) is 0 Å². The molecule has 0 aromatic rings. The van der Waals surface area contributed by atoms with Crippen molar-refractivity contribution in [3.63, 3.8) is 0 Å². The van der Waals surface area contributed by atoms with Crippen molar-refractivity contribution in [3.8, 4) is 0 Å². The molecular formula is C7H15NO3. The number of aliphatic hydroxyl groups is 1. The van der Waals surface area contributed by atoms with E-state index in [4.69, 9.17) is 5.73 Å². The predicted octanol–water partition coefficient (Wildman–Crippen LogP) is -0.495. The number of rotatable bonds is 4. The molecule has 4 heteroatoms. The first kappa shape index (κ1) is 10.4. The van der Waals surface area contributed by atoms with Gasteiger partial charge in [-0.1, -0.05) is 6.92 Å². The van der Waals surface area contributed by atoms with Crippen LogP contribution in [0.4, 0.5) is 0 Å². The van der Waals surface area contributed by atoms with Gasteiger partial charge in [-0.25, -0.2) is 0 Å². The second kappa shape index (κ2) is 5.09. The van der Waals surface area contributed by atoms with Gasteiger partial charge in [0.1, 0.15) is 0 Å². The smallest absolute Gasteiger partial charge is 0.312 e. The maximum Gasteiger partial charge on any atom is 0.312 e. The van der Waals surface area contributed by atoms with Gasteiger partial charge in [0, 0.05) is 6.54 Å². The molecule has 0 aliphatic rings. The Morgan fingerprint density at radius 2 is 2.27 bits per heavy atom. The Morgan fingerprint density at radius 1 is 1.73 bits per heavy atom. The number of hydrogen-bond acceptors (Lipinski definition) is 4. The summed E-state index contributed by atoms with van der Waals surface area (Å²) in [6.07, 6.45) is -0.177. The molecule has 66 valence electrons. The molecule has 0 spiro atoms. The molecule has 0 saturated heterocycles. The summed E-state index contributed by atoms with van der Waals surface area (Å²) in [6, 6.07) is 0. The molecule has 0 aromatic heterocycles. The second-order valence-corrected chi connectivity index (χ2v) is 2.34. The molecule has 0 heterocycles. The van der Waals surface area contributed by atoms with E-state index in [9.17, 15) is 9.90 Å². The quantitative estimate of drug-likeness (QED) is 0.545. The zero-order chi connectivity index (χ0) is 8.85. The Kier molecular flexibility index (Phi) is 4.81. The minimum atomic E-state index is -0.688. The maximum absolute atomic E-state index is 10.9. The van der Waals surface area contributed by atoms with Crippen LogP contribution in [-0.4, -0.2) is 30.8 Å². The summed E-state index contributed by atoms with van der Waals surface area (Å²) < 4.78 is 4.45. The van der Waals surface area contributed by atoms with E-state index in [2.05, 4.69) is 4.74 Å². The Bertz CT molecular complexity index is 127. The monoisotopic (exact) mass is 161 g/mol. The molecule has 0 bridgehead atoms. The molecule has 0 amide bonds. The summed E-state index contributed by atoms with van der Waals surface area (Å²) in [4.78, 5) is 10.9. The Hall–Kier alpha value is -0.610. The molecular weight excluding hydrogens is 146 g/mol. The molecule has 0 aromatic carbocycles. The first-order chi connectivity index (χ1) is 5.17. The summed E-state index contributed by atoms with van der Waals surface area (Å²) in [6.45, 7) is 1.91. The highest BCUT2D eigenvalue weighted by atomic mass is 16.5. The van der Waals surface area contributed by atoms with Crippen LogP contribution < -0.4 is 5.73 Å². The van der Waals surface area contributed by atoms with Crippen molar-refractivity contribution < 1.29 is 14.6 Å². The van der Waals surface area contributed by atoms with Crippen LogP contribution in [0.2, 0.25) is 0 Å². The standard InChI is InChI=1S/C7H15NO3/c1-3-6(9)5(4-8)7(10)11-2/h5-6,9H,3-4,8H2,1-2H3/t5-,6+/m0/s1. The molecule has 2 atom stereocenters. The Morgan fingerprint density at radius 3 is 2.55 bits per heavy atom. The van der Waals surface area contributed by atoms with Crippen LogP contribution in [0.3, 0.4) is 0 Å². The number of ether oxygens (including phenoxy) is 1. The van der Waals surface area contributed by atoms with Crippen LogP contribution in [0.1, 0.15) is 13.3 Å². The van der Waals surface area contributed by atoms with E-state index in [1.165, 1.54) is 7.11 Å². The van der Waals surface area contributed by atoms with Gasteiger partial charge in [0.2, 0.25) is 0 Å². The third-order valence-electron chi connectivity index (χ3n) is 1.64. The van der Waals surface area contributed by atoms with Crippen LogP contribution in [0.15, 0.2) is 0 Å². The van der Waals surface area contributed by atoms with Crippen LogP contribution in [0.25, 0.3) is 0 Å². The van der Waals surface area contributed by atoms with Crippen molar-refractivity contribution in [2.75, 3.05) is 13.7 Å². The zero-order valence-corrected chi connectivity index (χ0v) is 6.91. The van der Waals surface area contributed by atoms with E-state index < -0.39 is 18.0 Å². The van der Waals surface area contributed by atoms with Gasteiger partial charge in [0.05, 0.1) is 19.1 Å². The number of nitrogens with two attached hydrogens (primary N) is 1. The van der Waals surface area contributed by atoms with E-state index >= 15 is 0 Å². The molecule has 0 radical (unpaired) electrons. The summed E-state index contributed by atoms with van der Waals surface area (Å²) in [5.41, 5.74) is 5.26. The van der Waals surface area contributed by atoms with Gasteiger partial charge in [0.25, 0.3) is 0 Å². The van der Waals surface area contributed by atoms with Crippen molar-refractivity contribution >= 4 is 5.97 Å². The van der Waals surface area contributed by atoms with E-state index in [-0.39, 0.29) is 6.54 Å². The highest BCUT2D eigenvalue weighted by Gasteiger charge is 2.24. The third kappa shape index (κ3) is 2.86. The minimum Gasteiger partial charge on any atom is -0.469 e. The lowest BCUT2D eigenvalue weighted by atomic mass is 10.0. The lowest BCUT2D eigenvalue weighted by Crippen LogP contribution is -2.35. The molecule has 0 saturated carbocycles. The molecule has 11 heavy (non-hydrogen) atoms. The molecule has 4 nitrogen and oxygen atoms in total. The maximum atomic E-state index is 10.9. The number of hydrogen-bond donors (Lipinski definition) is 2. The van der Waals surface area contributed by atoms with Crippen LogP contribution >= 0.6 is 0 Å². The molecule has 0 aliphatic heterocycles. The summed E-state index contributed by atoms with van der Waals surface area (Å²) in [5.74, 6) is -1.02. The third-order valence-corrected chi connectivity index (χ3v) is 1.64. The van der Waals surface area contributed by atoms with E-state index in [0.29, 0.717) is 6.42 Å². The number of aliphatic hydroxyl groups excluding tert-OH is 1. The van der Waals surface area contributed by atoms with Crippen LogP contribution in [0.5, 0.6) is 0 Å². The topological polar surface area (TPSA) is 72.5 Å². The zero-order valence-electron chi connectivity index (χ0n) is 6.91. The molecule has 0 unspecified atom stereocenters. The average Bonchev–Trinajstić information content (AvgIpc) is 2.05. The van der Waals surface area contributed by atoms with Crippen molar-refractivity contribution in [2.24, 2.45) is 11.7 Å². The fourth-order valence-corrected chi connectivity index (χ4v) is 0.846. The van der Waals surface area contributed by atoms with Gasteiger partial charge in [-0.3, -0.25) is 4.79 Å². The van der Waals surface area contributed by atoms with E-state index in [1.54, 1.807) is 6.92 Å². The first-order valence-corrected chi connectivity index (χ1v) is 3.63. The summed E-state index contributed by atoms with van der Waals surface area (Å²) in [7, 11) is 1.29. The predicted molar refractivity (Wildman–Crippen MR) is 40.9 cm³/mol. The minimum absolute atomic E-state index is 0.127. The number of carbonyl (C=O) groups excluding carboxylic acids is 1. The van der Waals surface area contributed by atoms with Crippen LogP contribution in [-0.2, 0) is 9.53 Å². The molecule has 0 rings (SSSR count). The Labute approximate surface area is 66.3 Å². The molecule has 0 aliphatic carbocycles. The normalized spacial score (nSPS) is 15.6. The molecule has 3 N–H and O–H groups in total. The van der Waals surface area contributed by atoms with Crippen LogP contribution in [0, 0.1) is 5.92 Å². The fraction of sp³-hybridized carbons (Fsp3) is 0.857. The Balaban J connectivity index is 4.03. The number of methoxy groups -OCH3 is 1. The highest BCUT2D eigenvalue weighted by molar-refractivity contribution is 5.73. The first-order valence-electron chi connectivity index (χ1n) is 3.63. The largest absolute Gasteiger partial charge is 0.469 e. The van der Waals surface area contributed by atoms with Crippen molar-refractivity contribution in [2.45, 2.75) is 19.4 Å². The van der Waals surface area contributed by atoms with Gasteiger partial charge in [0.15, 0.2) is 0 Å². The SMILES string of the molecule is CC[C@@H](O)[C@H](CN)C(=O)OC. The summed E-state index contributed by atoms with van der Waals surface area (Å²) in [5, 5.41) is 9.24. The van der Waals surface area contributed by atoms with Crippen molar-refractivity contribution in [1.82, 2.24) is 0 Å². The van der Waals surface area contributed by atoms with Gasteiger partial charge < -0.3 is 15.6 Å². The highest BCUT2D eigenvalue weighted by Crippen LogP contribution is 2.07. The lowest BCUT2D eigenvalue weighted by Gasteiger charge is -2.16. The lowest BCUT2D eigenvalue weighted by molar-refractivity contribution is -0.149. The summed E-state index contributed by atoms with van der Waals surface area (Å²) >= 11 is 0. The second-order valence-electron chi connectivity index (χ2n) is 2.34. The van der Waals surface area contributed by atoms with Crippen molar-refractivity contribution in [3.05, 3.63) is 0 Å². The van der Waals surface area contributed by atoms with Gasteiger partial charge >= 0.3 is 5.97 Å². The molecule has 0 fully saturated rings. The van der Waals surface area contributed by atoms with Gasteiger partial charge in [-0.2, -0.15) is 0 Å². The average molecular weight is 161 g/mol. The number of carbonyl (C=O) groups is 1. The number of esters is 1. The van der Waals surface area contributed by atoms with E-state index in [1.807, 2.05) is 0 Å². The van der Waals surface area contributed by atoms with E-state index in [0.717, 1.165) is 0 Å². The van der Waals surface area contributed by atoms with Crippen molar-refractivity contribution in [1.29, 1.82) is 0 Å².